The smallest absolute Gasteiger partial charge is 0.140 e. The van der Waals surface area contributed by atoms with E-state index in [2.05, 4.69) is 206 Å². The fraction of sp³-hybridized carbons (Fsp3) is 0.0345. The second kappa shape index (κ2) is 11.1. The molecule has 10 aromatic rings. The molecule has 0 saturated heterocycles. The first-order valence-corrected chi connectivity index (χ1v) is 20.7. The molecule has 0 atom stereocenters. The first-order valence-electron chi connectivity index (χ1n) is 20.7. The highest BCUT2D eigenvalue weighted by Crippen LogP contribution is 2.66. The van der Waals surface area contributed by atoms with Crippen LogP contribution in [0, 0.1) is 0 Å². The molecule has 1 aliphatic heterocycles. The van der Waals surface area contributed by atoms with Crippen LogP contribution in [-0.4, -0.2) is 0 Å². The van der Waals surface area contributed by atoms with Gasteiger partial charge in [-0.15, -0.1) is 0 Å². The Labute approximate surface area is 342 Å². The SMILES string of the molecule is c1ccc2c(c1)Oc1c(cc(-c3ccc4c(c3)C3(c5ccccc5-c5ccccc53)c3cc5ccccc5cc3-4)c3ccccc13)C21c2ccccc2-c2ccccc21. The van der Waals surface area contributed by atoms with Crippen LogP contribution in [-0.2, 0) is 10.8 Å². The van der Waals surface area contributed by atoms with E-state index in [1.54, 1.807) is 0 Å². The molecule has 0 radical (unpaired) electrons. The van der Waals surface area contributed by atoms with Gasteiger partial charge in [-0.2, -0.15) is 0 Å². The normalized spacial score (nSPS) is 14.8. The van der Waals surface area contributed by atoms with E-state index in [-0.39, 0.29) is 0 Å². The quantitative estimate of drug-likeness (QED) is 0.163. The van der Waals surface area contributed by atoms with Gasteiger partial charge in [0.1, 0.15) is 11.5 Å². The van der Waals surface area contributed by atoms with E-state index in [0.29, 0.717) is 0 Å². The fourth-order valence-corrected chi connectivity index (χ4v) is 11.9. The van der Waals surface area contributed by atoms with E-state index < -0.39 is 10.8 Å². The summed E-state index contributed by atoms with van der Waals surface area (Å²) < 4.78 is 7.11. The zero-order valence-electron chi connectivity index (χ0n) is 32.0. The molecule has 0 N–H and O–H groups in total. The maximum atomic E-state index is 7.11. The molecule has 3 aliphatic carbocycles. The molecule has 272 valence electrons. The average Bonchev–Trinajstić information content (AvgIpc) is 3.88. The van der Waals surface area contributed by atoms with Crippen LogP contribution in [0.5, 0.6) is 11.5 Å². The van der Waals surface area contributed by atoms with Crippen molar-refractivity contribution < 1.29 is 4.74 Å². The molecule has 10 aromatic carbocycles. The Morgan fingerprint density at radius 1 is 0.271 bits per heavy atom. The number of fused-ring (bicyclic) bond motifs is 22. The van der Waals surface area contributed by atoms with E-state index in [0.717, 1.165) is 16.9 Å². The maximum absolute atomic E-state index is 7.11. The van der Waals surface area contributed by atoms with Gasteiger partial charge in [0.25, 0.3) is 0 Å². The summed E-state index contributed by atoms with van der Waals surface area (Å²) in [5.41, 5.74) is 19.6. The molecular formula is C58H34O. The highest BCUT2D eigenvalue weighted by atomic mass is 16.5. The van der Waals surface area contributed by atoms with Gasteiger partial charge in [0.05, 0.1) is 10.8 Å². The van der Waals surface area contributed by atoms with Crippen molar-refractivity contribution in [2.24, 2.45) is 0 Å². The number of hydrogen-bond donors (Lipinski definition) is 0. The standard InChI is InChI=1S/C58H34O/c1-2-16-36-32-53-46(31-35(36)15-1)43-30-29-37(33-52(43)58(53)49-25-11-7-20-41(49)42-21-8-12-26-50(42)58)45-34-54-56(44-22-4-3-17-38(44)45)59-55-28-14-13-27-51(55)57(54)47-23-9-5-18-39(47)40-19-6-10-24-48(40)57/h1-34H. The monoisotopic (exact) mass is 746 g/mol. The van der Waals surface area contributed by atoms with Crippen LogP contribution in [0.2, 0.25) is 0 Å². The van der Waals surface area contributed by atoms with Crippen molar-refractivity contribution in [2.45, 2.75) is 10.8 Å². The lowest BCUT2D eigenvalue weighted by Crippen LogP contribution is -2.32. The van der Waals surface area contributed by atoms with Crippen molar-refractivity contribution in [1.82, 2.24) is 0 Å². The third kappa shape index (κ3) is 3.73. The van der Waals surface area contributed by atoms with Gasteiger partial charge in [0.2, 0.25) is 0 Å². The molecule has 14 rings (SSSR count). The minimum absolute atomic E-state index is 0.464. The van der Waals surface area contributed by atoms with Crippen LogP contribution in [0.4, 0.5) is 0 Å². The number of rotatable bonds is 1. The van der Waals surface area contributed by atoms with Gasteiger partial charge in [-0.05, 0) is 124 Å². The minimum atomic E-state index is -0.562. The lowest BCUT2D eigenvalue weighted by Gasteiger charge is -2.40. The van der Waals surface area contributed by atoms with Crippen LogP contribution < -0.4 is 4.74 Å². The van der Waals surface area contributed by atoms with Crippen LogP contribution >= 0.6 is 0 Å². The summed E-state index contributed by atoms with van der Waals surface area (Å²) in [5.74, 6) is 1.84. The fourth-order valence-electron chi connectivity index (χ4n) is 11.9. The molecule has 4 aliphatic rings. The summed E-state index contributed by atoms with van der Waals surface area (Å²) in [7, 11) is 0. The molecule has 0 saturated carbocycles. The summed E-state index contributed by atoms with van der Waals surface area (Å²) >= 11 is 0. The van der Waals surface area contributed by atoms with E-state index in [9.17, 15) is 0 Å². The van der Waals surface area contributed by atoms with Crippen LogP contribution in [0.25, 0.3) is 66.1 Å². The van der Waals surface area contributed by atoms with Crippen molar-refractivity contribution >= 4 is 21.5 Å². The van der Waals surface area contributed by atoms with Crippen molar-refractivity contribution in [3.05, 3.63) is 251 Å². The van der Waals surface area contributed by atoms with E-state index in [4.69, 9.17) is 4.74 Å². The van der Waals surface area contributed by atoms with Gasteiger partial charge in [0, 0.05) is 16.5 Å². The van der Waals surface area contributed by atoms with Crippen molar-refractivity contribution in [3.8, 4) is 56.0 Å². The molecule has 0 fully saturated rings. The largest absolute Gasteiger partial charge is 0.456 e. The Bertz CT molecular complexity index is 3400. The van der Waals surface area contributed by atoms with Gasteiger partial charge in [-0.25, -0.2) is 0 Å². The summed E-state index contributed by atoms with van der Waals surface area (Å²) in [4.78, 5) is 0. The Hall–Kier alpha value is -7.48. The van der Waals surface area contributed by atoms with Gasteiger partial charge >= 0.3 is 0 Å². The van der Waals surface area contributed by atoms with Gasteiger partial charge in [-0.1, -0.05) is 176 Å². The molecule has 0 unspecified atom stereocenters. The molecule has 59 heavy (non-hydrogen) atoms. The second-order valence-electron chi connectivity index (χ2n) is 16.6. The first kappa shape index (κ1) is 31.6. The van der Waals surface area contributed by atoms with Crippen molar-refractivity contribution in [1.29, 1.82) is 0 Å². The third-order valence-electron chi connectivity index (χ3n) is 14.1. The molecule has 2 spiro atoms. The maximum Gasteiger partial charge on any atom is 0.140 e. The second-order valence-corrected chi connectivity index (χ2v) is 16.6. The van der Waals surface area contributed by atoms with Crippen LogP contribution in [0.1, 0.15) is 44.5 Å². The molecular weight excluding hydrogens is 713 g/mol. The van der Waals surface area contributed by atoms with E-state index in [1.165, 1.54) is 105 Å². The predicted molar refractivity (Wildman–Crippen MR) is 241 cm³/mol. The van der Waals surface area contributed by atoms with Crippen molar-refractivity contribution in [3.63, 3.8) is 0 Å². The summed E-state index contributed by atoms with van der Waals surface area (Å²) in [6.45, 7) is 0. The predicted octanol–water partition coefficient (Wildman–Crippen LogP) is 14.5. The molecule has 1 heterocycles. The molecule has 0 aromatic heterocycles. The van der Waals surface area contributed by atoms with Gasteiger partial charge in [0.15, 0.2) is 0 Å². The molecule has 0 amide bonds. The average molecular weight is 747 g/mol. The Morgan fingerprint density at radius 2 is 0.729 bits per heavy atom. The topological polar surface area (TPSA) is 9.23 Å². The Balaban J connectivity index is 1.10. The highest BCUT2D eigenvalue weighted by molar-refractivity contribution is 6.06. The third-order valence-corrected chi connectivity index (χ3v) is 14.1. The zero-order chi connectivity index (χ0) is 38.5. The number of ether oxygens (including phenoxy) is 1. The summed E-state index contributed by atoms with van der Waals surface area (Å²) in [6, 6.07) is 77.3. The van der Waals surface area contributed by atoms with Gasteiger partial charge in [-0.3, -0.25) is 0 Å². The minimum Gasteiger partial charge on any atom is -0.456 e. The van der Waals surface area contributed by atoms with Gasteiger partial charge < -0.3 is 4.74 Å². The number of hydrogen-bond acceptors (Lipinski definition) is 1. The molecule has 1 heteroatoms. The summed E-state index contributed by atoms with van der Waals surface area (Å²) in [6.07, 6.45) is 0. The number of benzene rings is 10. The highest BCUT2D eigenvalue weighted by Gasteiger charge is 2.53. The lowest BCUT2D eigenvalue weighted by molar-refractivity contribution is 0.442. The Morgan fingerprint density at radius 3 is 1.36 bits per heavy atom. The van der Waals surface area contributed by atoms with Crippen LogP contribution in [0.3, 0.4) is 0 Å². The first-order chi connectivity index (χ1) is 29.3. The molecule has 1 nitrogen and oxygen atoms in total. The Kier molecular flexibility index (Phi) is 5.96. The zero-order valence-corrected chi connectivity index (χ0v) is 32.0. The lowest BCUT2D eigenvalue weighted by atomic mass is 9.65. The number of para-hydroxylation sites is 1. The summed E-state index contributed by atoms with van der Waals surface area (Å²) in [5, 5.41) is 4.84. The van der Waals surface area contributed by atoms with Crippen LogP contribution in [0.15, 0.2) is 206 Å². The van der Waals surface area contributed by atoms with E-state index in [1.807, 2.05) is 0 Å². The van der Waals surface area contributed by atoms with E-state index >= 15 is 0 Å². The van der Waals surface area contributed by atoms with Crippen molar-refractivity contribution in [2.75, 3.05) is 0 Å². The molecule has 0 bridgehead atoms.